The van der Waals surface area contributed by atoms with Gasteiger partial charge in [0.2, 0.25) is 0 Å². The Balaban J connectivity index is 1.47. The van der Waals surface area contributed by atoms with Crippen molar-refractivity contribution in [2.75, 3.05) is 4.90 Å². The Morgan fingerprint density at radius 2 is 1.24 bits per heavy atom. The molecule has 0 saturated heterocycles. The van der Waals surface area contributed by atoms with Crippen LogP contribution >= 0.6 is 0 Å². The molecule has 0 radical (unpaired) electrons. The first-order valence-electron chi connectivity index (χ1n) is 14.0. The summed E-state index contributed by atoms with van der Waals surface area (Å²) in [6.45, 7) is 2.12. The lowest BCUT2D eigenvalue weighted by atomic mass is 9.98. The highest BCUT2D eigenvalue weighted by molar-refractivity contribution is 6.13. The molecule has 0 N–H and O–H groups in total. The Hall–Kier alpha value is -5.41. The van der Waals surface area contributed by atoms with Crippen molar-refractivity contribution in [2.24, 2.45) is 0 Å². The van der Waals surface area contributed by atoms with E-state index in [-0.39, 0.29) is 0 Å². The number of benzene rings is 5. The number of rotatable bonds is 3. The molecule has 2 aromatic heterocycles. The summed E-state index contributed by atoms with van der Waals surface area (Å²) in [6.07, 6.45) is 1.87. The Kier molecular flexibility index (Phi) is 5.36. The van der Waals surface area contributed by atoms with Crippen LogP contribution in [0.25, 0.3) is 50.2 Å². The smallest absolute Gasteiger partial charge is 0.0731 e. The molecule has 3 heterocycles. The number of fused-ring (bicyclic) bond motifs is 7. The Labute approximate surface area is 239 Å². The molecule has 0 saturated carbocycles. The number of hydrogen-bond donors (Lipinski definition) is 0. The van der Waals surface area contributed by atoms with Gasteiger partial charge in [0.05, 0.1) is 28.3 Å². The van der Waals surface area contributed by atoms with Gasteiger partial charge in [-0.05, 0) is 61.0 Å². The number of aryl methyl sites for hydroxylation is 1. The predicted octanol–water partition coefficient (Wildman–Crippen LogP) is 10.1. The molecule has 1 aliphatic heterocycles. The minimum absolute atomic E-state index is 1.01. The van der Waals surface area contributed by atoms with E-state index in [2.05, 4.69) is 150 Å². The van der Waals surface area contributed by atoms with Crippen molar-refractivity contribution in [3.8, 4) is 39.3 Å². The summed E-state index contributed by atoms with van der Waals surface area (Å²) in [5, 5.41) is 1.24. The lowest BCUT2D eigenvalue weighted by Crippen LogP contribution is -2.11. The fourth-order valence-corrected chi connectivity index (χ4v) is 6.35. The molecule has 0 aliphatic carbocycles. The van der Waals surface area contributed by atoms with E-state index in [4.69, 9.17) is 4.98 Å². The van der Waals surface area contributed by atoms with E-state index < -0.39 is 0 Å². The first-order valence-corrected chi connectivity index (χ1v) is 14.0. The second kappa shape index (κ2) is 9.35. The van der Waals surface area contributed by atoms with Crippen LogP contribution in [0.15, 0.2) is 146 Å². The van der Waals surface area contributed by atoms with Gasteiger partial charge in [0.25, 0.3) is 0 Å². The van der Waals surface area contributed by atoms with Crippen LogP contribution in [0.1, 0.15) is 5.56 Å². The molecule has 1 aliphatic rings. The number of aromatic nitrogens is 2. The highest BCUT2D eigenvalue weighted by Crippen LogP contribution is 2.54. The van der Waals surface area contributed by atoms with Crippen molar-refractivity contribution in [1.82, 2.24) is 9.55 Å². The van der Waals surface area contributed by atoms with Crippen molar-refractivity contribution in [3.63, 3.8) is 0 Å². The lowest BCUT2D eigenvalue weighted by Gasteiger charge is -2.28. The first kappa shape index (κ1) is 23.5. The number of pyridine rings is 1. The molecule has 194 valence electrons. The van der Waals surface area contributed by atoms with Gasteiger partial charge in [-0.2, -0.15) is 0 Å². The van der Waals surface area contributed by atoms with Crippen molar-refractivity contribution in [3.05, 3.63) is 151 Å². The molecule has 0 bridgehead atoms. The minimum atomic E-state index is 1.01. The molecule has 7 aromatic rings. The fraction of sp³-hybridized carbons (Fsp3) is 0.0263. The van der Waals surface area contributed by atoms with Crippen LogP contribution in [0, 0.1) is 6.92 Å². The summed E-state index contributed by atoms with van der Waals surface area (Å²) < 4.78 is 2.43. The summed E-state index contributed by atoms with van der Waals surface area (Å²) in [5.41, 5.74) is 13.9. The lowest BCUT2D eigenvalue weighted by molar-refractivity contribution is 1.13. The van der Waals surface area contributed by atoms with Gasteiger partial charge in [-0.3, -0.25) is 4.98 Å². The van der Waals surface area contributed by atoms with Gasteiger partial charge in [-0.15, -0.1) is 0 Å². The van der Waals surface area contributed by atoms with Gasteiger partial charge in [-0.25, -0.2) is 0 Å². The van der Waals surface area contributed by atoms with Crippen LogP contribution in [-0.2, 0) is 0 Å². The number of hydrogen-bond acceptors (Lipinski definition) is 2. The second-order valence-electron chi connectivity index (χ2n) is 10.5. The molecule has 0 fully saturated rings. The molecular formula is C38H27N3. The molecule has 0 unspecified atom stereocenters. The summed E-state index contributed by atoms with van der Waals surface area (Å²) in [7, 11) is 0. The maximum Gasteiger partial charge on any atom is 0.0731 e. The van der Waals surface area contributed by atoms with Crippen LogP contribution in [-0.4, -0.2) is 9.55 Å². The van der Waals surface area contributed by atoms with Crippen LogP contribution in [0.5, 0.6) is 0 Å². The van der Waals surface area contributed by atoms with E-state index >= 15 is 0 Å². The Morgan fingerprint density at radius 3 is 2.07 bits per heavy atom. The minimum Gasteiger partial charge on any atom is -0.309 e. The van der Waals surface area contributed by atoms with Gasteiger partial charge >= 0.3 is 0 Å². The van der Waals surface area contributed by atoms with E-state index in [1.807, 2.05) is 12.3 Å². The fourth-order valence-electron chi connectivity index (χ4n) is 6.35. The zero-order valence-electron chi connectivity index (χ0n) is 22.7. The monoisotopic (exact) mass is 525 g/mol. The maximum absolute atomic E-state index is 4.72. The van der Waals surface area contributed by atoms with E-state index in [1.165, 1.54) is 33.3 Å². The molecule has 0 amide bonds. The normalized spacial score (nSPS) is 12.0. The topological polar surface area (TPSA) is 21.1 Å². The standard InChI is InChI=1S/C38H27N3/c1-26-13-12-24-39-37(26)27-14-11-17-29(25-27)40-33-21-8-5-18-30(33)36-31-19-6-9-22-34(31)41(28-15-3-2-4-16-28)38(36)32-20-7-10-23-35(32)40/h2-25H,1H3. The second-order valence-corrected chi connectivity index (χ2v) is 10.5. The molecule has 3 nitrogen and oxygen atoms in total. The van der Waals surface area contributed by atoms with Gasteiger partial charge < -0.3 is 9.47 Å². The van der Waals surface area contributed by atoms with Crippen molar-refractivity contribution in [2.45, 2.75) is 6.92 Å². The molecule has 5 aromatic carbocycles. The highest BCUT2D eigenvalue weighted by Gasteiger charge is 2.31. The molecule has 3 heteroatoms. The molecule has 8 rings (SSSR count). The molecular weight excluding hydrogens is 498 g/mol. The van der Waals surface area contributed by atoms with E-state index in [1.54, 1.807) is 0 Å². The van der Waals surface area contributed by atoms with Crippen LogP contribution in [0.4, 0.5) is 17.1 Å². The van der Waals surface area contributed by atoms with Crippen LogP contribution < -0.4 is 4.90 Å². The zero-order chi connectivity index (χ0) is 27.3. The average Bonchev–Trinajstić information content (AvgIpc) is 3.31. The van der Waals surface area contributed by atoms with Crippen LogP contribution in [0.2, 0.25) is 0 Å². The molecule has 0 atom stereocenters. The zero-order valence-corrected chi connectivity index (χ0v) is 22.7. The highest BCUT2D eigenvalue weighted by atomic mass is 15.2. The van der Waals surface area contributed by atoms with E-state index in [0.717, 1.165) is 39.6 Å². The summed E-state index contributed by atoms with van der Waals surface area (Å²) in [6, 6.07) is 50.0. The number of para-hydroxylation sites is 4. The van der Waals surface area contributed by atoms with E-state index in [0.29, 0.717) is 0 Å². The summed E-state index contributed by atoms with van der Waals surface area (Å²) in [5.74, 6) is 0. The maximum atomic E-state index is 4.72. The number of nitrogens with zero attached hydrogens (tertiary/aromatic N) is 3. The SMILES string of the molecule is Cc1cccnc1-c1cccc(N2c3ccccc3-c3c(n(-c4ccccc4)c4ccccc34)-c3ccccc32)c1. The molecule has 41 heavy (non-hydrogen) atoms. The molecule has 0 spiro atoms. The third-order valence-electron chi connectivity index (χ3n) is 8.09. The largest absolute Gasteiger partial charge is 0.309 e. The van der Waals surface area contributed by atoms with Gasteiger partial charge in [-0.1, -0.05) is 91.0 Å². The van der Waals surface area contributed by atoms with E-state index in [9.17, 15) is 0 Å². The third-order valence-corrected chi connectivity index (χ3v) is 8.09. The first-order chi connectivity index (χ1) is 20.3. The van der Waals surface area contributed by atoms with Crippen molar-refractivity contribution >= 4 is 28.0 Å². The van der Waals surface area contributed by atoms with Gasteiger partial charge in [0.1, 0.15) is 0 Å². The number of anilines is 3. The Morgan fingerprint density at radius 1 is 0.561 bits per heavy atom. The van der Waals surface area contributed by atoms with Gasteiger partial charge in [0.15, 0.2) is 0 Å². The van der Waals surface area contributed by atoms with Gasteiger partial charge in [0, 0.05) is 45.2 Å². The quantitative estimate of drug-likeness (QED) is 0.229. The Bertz CT molecular complexity index is 2070. The van der Waals surface area contributed by atoms with Crippen molar-refractivity contribution < 1.29 is 0 Å². The summed E-state index contributed by atoms with van der Waals surface area (Å²) >= 11 is 0. The van der Waals surface area contributed by atoms with Crippen molar-refractivity contribution in [1.29, 1.82) is 0 Å². The summed E-state index contributed by atoms with van der Waals surface area (Å²) in [4.78, 5) is 7.14. The average molecular weight is 526 g/mol. The third kappa shape index (κ3) is 3.63. The van der Waals surface area contributed by atoms with Crippen LogP contribution in [0.3, 0.4) is 0 Å². The predicted molar refractivity (Wildman–Crippen MR) is 170 cm³/mol.